The largest absolute Gasteiger partial charge is 0.322 e. The fourth-order valence-electron chi connectivity index (χ4n) is 2.62. The first kappa shape index (κ1) is 22.5. The van der Waals surface area contributed by atoms with Crippen molar-refractivity contribution in [1.82, 2.24) is 4.47 Å². The van der Waals surface area contributed by atoms with Crippen LogP contribution < -0.4 is 5.32 Å². The van der Waals surface area contributed by atoms with Crippen molar-refractivity contribution >= 4 is 33.2 Å². The normalized spacial score (nSPS) is 11.0. The van der Waals surface area contributed by atoms with E-state index in [0.717, 1.165) is 11.1 Å². The molecule has 3 aromatic carbocycles. The summed E-state index contributed by atoms with van der Waals surface area (Å²) >= 11 is 6.04. The summed E-state index contributed by atoms with van der Waals surface area (Å²) in [6.45, 7) is 0. The second kappa shape index (κ2) is 9.77. The Morgan fingerprint density at radius 1 is 0.968 bits per heavy atom. The highest BCUT2D eigenvalue weighted by molar-refractivity contribution is 7.89. The van der Waals surface area contributed by atoms with Gasteiger partial charge in [-0.15, -0.1) is 0 Å². The Hall–Kier alpha value is -3.15. The molecule has 0 aliphatic rings. The smallest absolute Gasteiger partial charge is 0.266 e. The third-order valence-electron chi connectivity index (χ3n) is 4.31. The number of hydrogen-bond acceptors (Lipinski definition) is 4. The number of rotatable bonds is 5. The minimum absolute atomic E-state index is 0.0152. The van der Waals surface area contributed by atoms with Crippen molar-refractivity contribution in [2.45, 2.75) is 4.90 Å². The Bertz CT molecular complexity index is 1270. The van der Waals surface area contributed by atoms with E-state index in [4.69, 9.17) is 16.4 Å². The van der Waals surface area contributed by atoms with Gasteiger partial charge in [0.2, 0.25) is 0 Å². The van der Waals surface area contributed by atoms with Crippen molar-refractivity contribution in [3.05, 3.63) is 94.5 Å². The van der Waals surface area contributed by atoms with E-state index < -0.39 is 15.9 Å². The lowest BCUT2D eigenvalue weighted by molar-refractivity contribution is -0.0258. The fourth-order valence-corrected chi connectivity index (χ4v) is 4.10. The summed E-state index contributed by atoms with van der Waals surface area (Å²) in [5.41, 5.74) is 2.27. The van der Waals surface area contributed by atoms with Gasteiger partial charge in [-0.1, -0.05) is 52.2 Å². The Morgan fingerprint density at radius 2 is 1.65 bits per heavy atom. The van der Waals surface area contributed by atoms with Gasteiger partial charge < -0.3 is 5.32 Å². The molecule has 3 aromatic rings. The number of benzene rings is 3. The Kier molecular flexibility index (Phi) is 7.10. The molecule has 0 saturated heterocycles. The number of carbonyl (C=O) groups excluding carboxylic acids is 1. The number of amides is 1. The zero-order valence-corrected chi connectivity index (χ0v) is 18.4. The van der Waals surface area contributed by atoms with Crippen LogP contribution in [0.5, 0.6) is 0 Å². The number of nitrogens with one attached hydrogen (secondary N) is 1. The van der Waals surface area contributed by atoms with Gasteiger partial charge >= 0.3 is 0 Å². The van der Waals surface area contributed by atoms with E-state index in [9.17, 15) is 13.2 Å². The molecular weight excluding hydrogens is 436 g/mol. The minimum atomic E-state index is -4.01. The zero-order valence-electron chi connectivity index (χ0n) is 16.8. The van der Waals surface area contributed by atoms with E-state index in [2.05, 4.69) is 17.2 Å². The van der Waals surface area contributed by atoms with Gasteiger partial charge in [0, 0.05) is 29.4 Å². The van der Waals surface area contributed by atoms with Gasteiger partial charge in [0.15, 0.2) is 0 Å². The second-order valence-electron chi connectivity index (χ2n) is 6.39. The van der Waals surface area contributed by atoms with Gasteiger partial charge in [-0.3, -0.25) is 9.63 Å². The van der Waals surface area contributed by atoms with E-state index in [1.807, 2.05) is 36.4 Å². The molecule has 1 amide bonds. The maximum Gasteiger partial charge on any atom is 0.266 e. The van der Waals surface area contributed by atoms with Crippen LogP contribution in [0.15, 0.2) is 77.7 Å². The van der Waals surface area contributed by atoms with E-state index >= 15 is 0 Å². The molecule has 0 heterocycles. The zero-order chi connectivity index (χ0) is 22.4. The van der Waals surface area contributed by atoms with Crippen molar-refractivity contribution in [2.75, 3.05) is 19.5 Å². The lowest BCUT2D eigenvalue weighted by atomic mass is 10.1. The lowest BCUT2D eigenvalue weighted by Gasteiger charge is -2.16. The van der Waals surface area contributed by atoms with Crippen LogP contribution in [0.25, 0.3) is 0 Å². The quantitative estimate of drug-likeness (QED) is 0.463. The average molecular weight is 455 g/mol. The summed E-state index contributed by atoms with van der Waals surface area (Å²) in [7, 11) is -1.55. The van der Waals surface area contributed by atoms with Gasteiger partial charge in [-0.05, 0) is 48.5 Å². The van der Waals surface area contributed by atoms with Gasteiger partial charge in [-0.25, -0.2) is 8.42 Å². The van der Waals surface area contributed by atoms with Crippen LogP contribution in [-0.4, -0.2) is 33.0 Å². The monoisotopic (exact) mass is 454 g/mol. The number of sulfonamides is 1. The van der Waals surface area contributed by atoms with Crippen LogP contribution in [0.3, 0.4) is 0 Å². The highest BCUT2D eigenvalue weighted by atomic mass is 35.5. The third-order valence-corrected chi connectivity index (χ3v) is 6.47. The second-order valence-corrected chi connectivity index (χ2v) is 8.70. The minimum Gasteiger partial charge on any atom is -0.322 e. The Balaban J connectivity index is 1.83. The molecule has 6 nitrogen and oxygen atoms in total. The van der Waals surface area contributed by atoms with Gasteiger partial charge in [0.25, 0.3) is 15.9 Å². The van der Waals surface area contributed by atoms with E-state index in [0.29, 0.717) is 10.2 Å². The molecule has 0 radical (unpaired) electrons. The van der Waals surface area contributed by atoms with Crippen LogP contribution in [-0.2, 0) is 14.9 Å². The number of hydrogen-bond donors (Lipinski definition) is 1. The van der Waals surface area contributed by atoms with Crippen molar-refractivity contribution < 1.29 is 18.0 Å². The molecule has 0 spiro atoms. The SMILES string of the molecule is CON(C)S(=O)(=O)c1cc(C(=O)Nc2cccc(C#Cc3ccccc3)c2)ccc1Cl. The van der Waals surface area contributed by atoms with Crippen molar-refractivity contribution in [3.8, 4) is 11.8 Å². The van der Waals surface area contributed by atoms with Crippen LogP contribution >= 0.6 is 11.6 Å². The predicted molar refractivity (Wildman–Crippen MR) is 120 cm³/mol. The predicted octanol–water partition coefficient (Wildman–Crippen LogP) is 4.17. The molecule has 31 heavy (non-hydrogen) atoms. The summed E-state index contributed by atoms with van der Waals surface area (Å²) in [4.78, 5) is 17.2. The maximum atomic E-state index is 12.7. The Morgan fingerprint density at radius 3 is 2.35 bits per heavy atom. The van der Waals surface area contributed by atoms with Gasteiger partial charge in [-0.2, -0.15) is 0 Å². The molecule has 158 valence electrons. The molecule has 0 aliphatic carbocycles. The number of hydroxylamine groups is 1. The first-order chi connectivity index (χ1) is 14.8. The first-order valence-electron chi connectivity index (χ1n) is 9.12. The molecule has 3 rings (SSSR count). The third kappa shape index (κ3) is 5.51. The molecule has 0 unspecified atom stereocenters. The number of carbonyl (C=O) groups is 1. The van der Waals surface area contributed by atoms with Gasteiger partial charge in [0.05, 0.1) is 12.1 Å². The molecule has 0 saturated carbocycles. The van der Waals surface area contributed by atoms with Gasteiger partial charge in [0.1, 0.15) is 4.90 Å². The van der Waals surface area contributed by atoms with Crippen LogP contribution in [0.2, 0.25) is 5.02 Å². The summed E-state index contributed by atoms with van der Waals surface area (Å²) in [5, 5.41) is 2.73. The van der Waals surface area contributed by atoms with E-state index in [1.54, 1.807) is 18.2 Å². The maximum absolute atomic E-state index is 12.7. The lowest BCUT2D eigenvalue weighted by Crippen LogP contribution is -2.26. The van der Waals surface area contributed by atoms with E-state index in [1.165, 1.54) is 32.4 Å². The summed E-state index contributed by atoms with van der Waals surface area (Å²) in [5.74, 6) is 5.63. The van der Waals surface area contributed by atoms with Crippen LogP contribution in [0.1, 0.15) is 21.5 Å². The molecular formula is C23H19ClN2O4S. The standard InChI is InChI=1S/C23H19ClN2O4S/c1-26(30-2)31(28,29)22-16-19(13-14-21(22)24)23(27)25-20-10-6-9-18(15-20)12-11-17-7-4-3-5-8-17/h3-10,13-16H,1-2H3,(H,25,27). The van der Waals surface area contributed by atoms with Crippen LogP contribution in [0, 0.1) is 11.8 Å². The summed E-state index contributed by atoms with van der Waals surface area (Å²) in [6.07, 6.45) is 0. The van der Waals surface area contributed by atoms with Crippen molar-refractivity contribution in [3.63, 3.8) is 0 Å². The highest BCUT2D eigenvalue weighted by Crippen LogP contribution is 2.26. The molecule has 0 fully saturated rings. The van der Waals surface area contributed by atoms with Crippen molar-refractivity contribution in [1.29, 1.82) is 0 Å². The molecule has 0 atom stereocenters. The highest BCUT2D eigenvalue weighted by Gasteiger charge is 2.25. The molecule has 0 aromatic heterocycles. The summed E-state index contributed by atoms with van der Waals surface area (Å²) < 4.78 is 25.7. The summed E-state index contributed by atoms with van der Waals surface area (Å²) in [6, 6.07) is 20.6. The molecule has 0 bridgehead atoms. The molecule has 8 heteroatoms. The van der Waals surface area contributed by atoms with Crippen LogP contribution in [0.4, 0.5) is 5.69 Å². The number of halogens is 1. The fraction of sp³-hybridized carbons (Fsp3) is 0.0870. The first-order valence-corrected chi connectivity index (χ1v) is 10.9. The Labute approximate surface area is 186 Å². The topological polar surface area (TPSA) is 75.7 Å². The van der Waals surface area contributed by atoms with Crippen molar-refractivity contribution in [2.24, 2.45) is 0 Å². The van der Waals surface area contributed by atoms with E-state index in [-0.39, 0.29) is 15.5 Å². The number of nitrogens with zero attached hydrogens (tertiary/aromatic N) is 1. The molecule has 1 N–H and O–H groups in total. The molecule has 0 aliphatic heterocycles. The average Bonchev–Trinajstić information content (AvgIpc) is 2.78. The number of anilines is 1.